The van der Waals surface area contributed by atoms with Crippen LogP contribution in [0, 0.1) is 24.7 Å². The van der Waals surface area contributed by atoms with Gasteiger partial charge >= 0.3 is 6.03 Å². The van der Waals surface area contributed by atoms with Gasteiger partial charge in [-0.15, -0.1) is 0 Å². The minimum Gasteiger partial charge on any atom is -0.396 e. The Balaban J connectivity index is 1.34. The number of hydrogen-bond acceptors (Lipinski definition) is 4. The van der Waals surface area contributed by atoms with E-state index in [1.165, 1.54) is 12.8 Å². The Hall–Kier alpha value is -1.63. The van der Waals surface area contributed by atoms with Gasteiger partial charge in [0.25, 0.3) is 0 Å². The zero-order valence-electron chi connectivity index (χ0n) is 13.5. The molecule has 0 aromatic carbocycles. The molecular weight excluding hydrogens is 294 g/mol. The molecule has 1 aromatic heterocycles. The van der Waals surface area contributed by atoms with Crippen LogP contribution in [0.1, 0.15) is 37.3 Å². The van der Waals surface area contributed by atoms with E-state index in [2.05, 4.69) is 20.7 Å². The first-order valence-corrected chi connectivity index (χ1v) is 8.72. The van der Waals surface area contributed by atoms with E-state index in [9.17, 15) is 9.90 Å². The molecule has 5 unspecified atom stereocenters. The number of urea groups is 1. The normalized spacial score (nSPS) is 35.1. The summed E-state index contributed by atoms with van der Waals surface area (Å²) in [6.45, 7) is 2.76. The van der Waals surface area contributed by atoms with E-state index in [0.717, 1.165) is 30.9 Å². The van der Waals surface area contributed by atoms with Crippen LogP contribution in [0.3, 0.4) is 0 Å². The number of aryl methyl sites for hydroxylation is 2. The number of amides is 2. The van der Waals surface area contributed by atoms with Gasteiger partial charge in [0.2, 0.25) is 0 Å². The Labute approximate surface area is 135 Å². The number of nitrogens with one attached hydrogen (secondary N) is 2. The number of aromatic nitrogens is 3. The lowest BCUT2D eigenvalue weighted by Gasteiger charge is -2.31. The lowest BCUT2D eigenvalue weighted by atomic mass is 9.85. The first-order chi connectivity index (χ1) is 11.1. The number of aliphatic hydroxyl groups is 1. The summed E-state index contributed by atoms with van der Waals surface area (Å²) < 4.78 is 1.90. The number of rotatable bonds is 3. The van der Waals surface area contributed by atoms with Gasteiger partial charge in [0.1, 0.15) is 11.6 Å². The van der Waals surface area contributed by atoms with Crippen molar-refractivity contribution in [2.24, 2.45) is 17.8 Å². The number of carbonyl (C=O) groups excluding carboxylic acids is 1. The molecule has 2 fully saturated rings. The molecule has 5 atom stereocenters. The molecule has 2 saturated carbocycles. The first kappa shape index (κ1) is 14.9. The SMILES string of the molecule is Cc1nc2n(n1)CC(NC(=O)NC1C3CCC(C3)C1CO)CC2. The van der Waals surface area contributed by atoms with E-state index in [1.54, 1.807) is 0 Å². The van der Waals surface area contributed by atoms with Crippen molar-refractivity contribution in [1.82, 2.24) is 25.4 Å². The Bertz CT molecular complexity index is 601. The molecule has 23 heavy (non-hydrogen) atoms. The molecule has 2 amide bonds. The van der Waals surface area contributed by atoms with Gasteiger partial charge in [-0.1, -0.05) is 0 Å². The summed E-state index contributed by atoms with van der Waals surface area (Å²) >= 11 is 0. The van der Waals surface area contributed by atoms with E-state index >= 15 is 0 Å². The van der Waals surface area contributed by atoms with E-state index in [0.29, 0.717) is 18.4 Å². The van der Waals surface area contributed by atoms with Gasteiger partial charge in [-0.25, -0.2) is 14.5 Å². The van der Waals surface area contributed by atoms with Gasteiger partial charge in [-0.05, 0) is 44.4 Å². The molecule has 0 saturated heterocycles. The van der Waals surface area contributed by atoms with Crippen LogP contribution in [-0.4, -0.2) is 44.6 Å². The van der Waals surface area contributed by atoms with Crippen LogP contribution in [0.5, 0.6) is 0 Å². The highest BCUT2D eigenvalue weighted by molar-refractivity contribution is 5.74. The van der Waals surface area contributed by atoms with E-state index < -0.39 is 0 Å². The second-order valence-corrected chi connectivity index (χ2v) is 7.32. The third kappa shape index (κ3) is 2.71. The average Bonchev–Trinajstić information content (AvgIpc) is 3.19. The minimum absolute atomic E-state index is 0.0924. The largest absolute Gasteiger partial charge is 0.396 e. The van der Waals surface area contributed by atoms with Gasteiger partial charge in [0.15, 0.2) is 0 Å². The van der Waals surface area contributed by atoms with Gasteiger partial charge in [-0.3, -0.25) is 0 Å². The molecule has 7 heteroatoms. The first-order valence-electron chi connectivity index (χ1n) is 8.72. The van der Waals surface area contributed by atoms with Crippen molar-refractivity contribution in [2.75, 3.05) is 6.61 Å². The molecule has 4 rings (SSSR count). The highest BCUT2D eigenvalue weighted by Gasteiger charge is 2.47. The van der Waals surface area contributed by atoms with Crippen molar-refractivity contribution in [3.8, 4) is 0 Å². The number of carbonyl (C=O) groups is 1. The van der Waals surface area contributed by atoms with Crippen molar-refractivity contribution in [2.45, 2.75) is 57.7 Å². The van der Waals surface area contributed by atoms with Crippen molar-refractivity contribution < 1.29 is 9.90 Å². The van der Waals surface area contributed by atoms with E-state index in [1.807, 2.05) is 11.6 Å². The van der Waals surface area contributed by atoms with Crippen LogP contribution in [0.4, 0.5) is 4.79 Å². The summed E-state index contributed by atoms with van der Waals surface area (Å²) in [5, 5.41) is 20.2. The van der Waals surface area contributed by atoms with Crippen LogP contribution in [-0.2, 0) is 13.0 Å². The predicted molar refractivity (Wildman–Crippen MR) is 83.7 cm³/mol. The zero-order valence-corrected chi connectivity index (χ0v) is 13.5. The predicted octanol–water partition coefficient (Wildman–Crippen LogP) is 0.608. The van der Waals surface area contributed by atoms with Gasteiger partial charge in [0, 0.05) is 25.0 Å². The molecule has 2 aliphatic carbocycles. The number of aliphatic hydroxyl groups excluding tert-OH is 1. The summed E-state index contributed by atoms with van der Waals surface area (Å²) in [5.41, 5.74) is 0. The van der Waals surface area contributed by atoms with Crippen LogP contribution in [0.15, 0.2) is 0 Å². The Morgan fingerprint density at radius 3 is 2.96 bits per heavy atom. The number of hydrogen-bond donors (Lipinski definition) is 3. The molecule has 2 bridgehead atoms. The Morgan fingerprint density at radius 2 is 2.13 bits per heavy atom. The van der Waals surface area contributed by atoms with Gasteiger partial charge in [-0.2, -0.15) is 5.10 Å². The maximum absolute atomic E-state index is 12.4. The molecule has 0 radical (unpaired) electrons. The fourth-order valence-corrected chi connectivity index (χ4v) is 4.83. The topological polar surface area (TPSA) is 92.1 Å². The molecule has 7 nitrogen and oxygen atoms in total. The maximum atomic E-state index is 12.4. The summed E-state index contributed by atoms with van der Waals surface area (Å²) in [7, 11) is 0. The fraction of sp³-hybridized carbons (Fsp3) is 0.812. The van der Waals surface area contributed by atoms with Crippen LogP contribution in [0.25, 0.3) is 0 Å². The van der Waals surface area contributed by atoms with Gasteiger partial charge < -0.3 is 15.7 Å². The van der Waals surface area contributed by atoms with Crippen molar-refractivity contribution >= 4 is 6.03 Å². The lowest BCUT2D eigenvalue weighted by Crippen LogP contribution is -2.52. The summed E-state index contributed by atoms with van der Waals surface area (Å²) in [6, 6.07) is 0.118. The van der Waals surface area contributed by atoms with Crippen molar-refractivity contribution in [3.05, 3.63) is 11.6 Å². The van der Waals surface area contributed by atoms with Crippen LogP contribution in [0.2, 0.25) is 0 Å². The van der Waals surface area contributed by atoms with Crippen molar-refractivity contribution in [1.29, 1.82) is 0 Å². The van der Waals surface area contributed by atoms with E-state index in [4.69, 9.17) is 0 Å². The quantitative estimate of drug-likeness (QED) is 0.761. The molecule has 1 aromatic rings. The molecular formula is C16H25N5O2. The lowest BCUT2D eigenvalue weighted by molar-refractivity contribution is 0.143. The molecule has 3 N–H and O–H groups in total. The van der Waals surface area contributed by atoms with Crippen molar-refractivity contribution in [3.63, 3.8) is 0 Å². The number of nitrogens with zero attached hydrogens (tertiary/aromatic N) is 3. The third-order valence-corrected chi connectivity index (χ3v) is 5.90. The highest BCUT2D eigenvalue weighted by Crippen LogP contribution is 2.48. The van der Waals surface area contributed by atoms with E-state index in [-0.39, 0.29) is 30.6 Å². The third-order valence-electron chi connectivity index (χ3n) is 5.90. The van der Waals surface area contributed by atoms with Gasteiger partial charge in [0.05, 0.1) is 12.6 Å². The molecule has 3 aliphatic rings. The van der Waals surface area contributed by atoms with Crippen LogP contribution >= 0.6 is 0 Å². The Morgan fingerprint density at radius 1 is 1.30 bits per heavy atom. The summed E-state index contributed by atoms with van der Waals surface area (Å²) in [4.78, 5) is 16.8. The zero-order chi connectivity index (χ0) is 16.0. The second kappa shape index (κ2) is 5.78. The standard InChI is InChI=1S/C16H25N5O2/c1-9-17-14-5-4-12(7-21(14)20-9)18-16(23)19-15-11-3-2-10(6-11)13(15)8-22/h10-13,15,22H,2-8H2,1H3,(H2,18,19,23). The summed E-state index contributed by atoms with van der Waals surface area (Å²) in [6.07, 6.45) is 5.27. The minimum atomic E-state index is -0.105. The smallest absolute Gasteiger partial charge is 0.315 e. The monoisotopic (exact) mass is 319 g/mol. The average molecular weight is 319 g/mol. The van der Waals surface area contributed by atoms with Crippen LogP contribution < -0.4 is 10.6 Å². The Kier molecular flexibility index (Phi) is 3.75. The molecule has 126 valence electrons. The molecule has 0 spiro atoms. The molecule has 2 heterocycles. The maximum Gasteiger partial charge on any atom is 0.315 e. The summed E-state index contributed by atoms with van der Waals surface area (Å²) in [5.74, 6) is 3.16. The second-order valence-electron chi connectivity index (χ2n) is 7.32. The molecule has 1 aliphatic heterocycles. The fourth-order valence-electron chi connectivity index (χ4n) is 4.83. The highest BCUT2D eigenvalue weighted by atomic mass is 16.3. The number of fused-ring (bicyclic) bond motifs is 3.